The van der Waals surface area contributed by atoms with Crippen LogP contribution in [0.4, 0.5) is 0 Å². The van der Waals surface area contributed by atoms with Gasteiger partial charge in [0.05, 0.1) is 0 Å². The van der Waals surface area contributed by atoms with Gasteiger partial charge in [0.25, 0.3) is 0 Å². The predicted octanol–water partition coefficient (Wildman–Crippen LogP) is 5.84. The van der Waals surface area contributed by atoms with Gasteiger partial charge in [-0.3, -0.25) is 4.79 Å². The van der Waals surface area contributed by atoms with Gasteiger partial charge in [-0.2, -0.15) is 0 Å². The summed E-state index contributed by atoms with van der Waals surface area (Å²) in [4.78, 5) is 12.4. The molecule has 0 saturated carbocycles. The number of halogens is 1. The topological polar surface area (TPSA) is 26.3 Å². The van der Waals surface area contributed by atoms with Crippen molar-refractivity contribution in [1.29, 1.82) is 0 Å². The van der Waals surface area contributed by atoms with Gasteiger partial charge in [0.15, 0.2) is 5.78 Å². The Morgan fingerprint density at radius 1 is 0.840 bits per heavy atom. The van der Waals surface area contributed by atoms with E-state index in [2.05, 4.69) is 15.9 Å². The number of aryl methyl sites for hydroxylation is 1. The SMILES string of the molecule is O=C(CCc1ccccc1Br)c1ccc(OCc2ccccc2)cc1. The van der Waals surface area contributed by atoms with Crippen LogP contribution in [0.2, 0.25) is 0 Å². The standard InChI is InChI=1S/C22H19BrO2/c23-21-9-5-4-8-18(21)12-15-22(24)19-10-13-20(14-11-19)25-16-17-6-2-1-3-7-17/h1-11,13-14H,12,15-16H2. The van der Waals surface area contributed by atoms with Crippen molar-refractivity contribution in [2.45, 2.75) is 19.4 Å². The summed E-state index contributed by atoms with van der Waals surface area (Å²) in [6, 6.07) is 25.4. The zero-order valence-electron chi connectivity index (χ0n) is 13.8. The van der Waals surface area contributed by atoms with Crippen molar-refractivity contribution < 1.29 is 9.53 Å². The molecule has 3 heteroatoms. The number of carbonyl (C=O) groups is 1. The van der Waals surface area contributed by atoms with Crippen molar-refractivity contribution in [3.8, 4) is 5.75 Å². The minimum Gasteiger partial charge on any atom is -0.489 e. The summed E-state index contributed by atoms with van der Waals surface area (Å²) >= 11 is 3.52. The molecule has 3 aromatic carbocycles. The lowest BCUT2D eigenvalue weighted by Gasteiger charge is -2.07. The van der Waals surface area contributed by atoms with E-state index in [1.165, 1.54) is 0 Å². The largest absolute Gasteiger partial charge is 0.489 e. The van der Waals surface area contributed by atoms with Crippen LogP contribution in [0.1, 0.15) is 27.9 Å². The van der Waals surface area contributed by atoms with Gasteiger partial charge in [-0.25, -0.2) is 0 Å². The van der Waals surface area contributed by atoms with Crippen LogP contribution in [0.25, 0.3) is 0 Å². The summed E-state index contributed by atoms with van der Waals surface area (Å²) in [5.41, 5.74) is 2.99. The van der Waals surface area contributed by atoms with Gasteiger partial charge in [0.1, 0.15) is 12.4 Å². The molecular weight excluding hydrogens is 376 g/mol. The van der Waals surface area contributed by atoms with Crippen LogP contribution in [0.15, 0.2) is 83.3 Å². The maximum absolute atomic E-state index is 12.4. The van der Waals surface area contributed by atoms with Gasteiger partial charge >= 0.3 is 0 Å². The molecule has 126 valence electrons. The number of ether oxygens (including phenoxy) is 1. The van der Waals surface area contributed by atoms with E-state index in [0.717, 1.165) is 33.3 Å². The minimum atomic E-state index is 0.144. The first-order chi connectivity index (χ1) is 12.2. The van der Waals surface area contributed by atoms with E-state index < -0.39 is 0 Å². The molecule has 3 rings (SSSR count). The van der Waals surface area contributed by atoms with Crippen molar-refractivity contribution in [1.82, 2.24) is 0 Å². The lowest BCUT2D eigenvalue weighted by atomic mass is 10.0. The molecule has 0 amide bonds. The molecule has 0 aliphatic carbocycles. The number of Topliss-reactive ketones (excluding diaryl/α,β-unsaturated/α-hetero) is 1. The fraction of sp³-hybridized carbons (Fsp3) is 0.136. The predicted molar refractivity (Wildman–Crippen MR) is 104 cm³/mol. The second kappa shape index (κ2) is 8.63. The monoisotopic (exact) mass is 394 g/mol. The van der Waals surface area contributed by atoms with Crippen LogP contribution in [0.3, 0.4) is 0 Å². The third-order valence-electron chi connectivity index (χ3n) is 4.00. The molecule has 0 radical (unpaired) electrons. The summed E-state index contributed by atoms with van der Waals surface area (Å²) in [6.45, 7) is 0.524. The number of ketones is 1. The molecule has 0 atom stereocenters. The number of benzene rings is 3. The van der Waals surface area contributed by atoms with E-state index in [1.807, 2.05) is 78.9 Å². The quantitative estimate of drug-likeness (QED) is 0.470. The van der Waals surface area contributed by atoms with Crippen molar-refractivity contribution >= 4 is 21.7 Å². The average molecular weight is 395 g/mol. The molecule has 0 aliphatic heterocycles. The van der Waals surface area contributed by atoms with Gasteiger partial charge in [0.2, 0.25) is 0 Å². The van der Waals surface area contributed by atoms with Gasteiger partial charge in [-0.05, 0) is 47.9 Å². The van der Waals surface area contributed by atoms with E-state index in [1.54, 1.807) is 0 Å². The van der Waals surface area contributed by atoms with Gasteiger partial charge in [-0.15, -0.1) is 0 Å². The van der Waals surface area contributed by atoms with E-state index in [0.29, 0.717) is 13.0 Å². The fourth-order valence-corrected chi connectivity index (χ4v) is 3.05. The average Bonchev–Trinajstić information content (AvgIpc) is 2.67. The van der Waals surface area contributed by atoms with Crippen molar-refractivity contribution in [2.24, 2.45) is 0 Å². The van der Waals surface area contributed by atoms with Crippen LogP contribution in [-0.4, -0.2) is 5.78 Å². The Labute approximate surface area is 156 Å². The lowest BCUT2D eigenvalue weighted by molar-refractivity contribution is 0.0982. The molecule has 0 heterocycles. The molecule has 3 aromatic rings. The van der Waals surface area contributed by atoms with Gasteiger partial charge in [-0.1, -0.05) is 64.5 Å². The third-order valence-corrected chi connectivity index (χ3v) is 4.78. The van der Waals surface area contributed by atoms with Gasteiger partial charge < -0.3 is 4.74 Å². The zero-order chi connectivity index (χ0) is 17.5. The first-order valence-corrected chi connectivity index (χ1v) is 9.05. The van der Waals surface area contributed by atoms with Crippen LogP contribution >= 0.6 is 15.9 Å². The Balaban J connectivity index is 1.54. The number of carbonyl (C=O) groups excluding carboxylic acids is 1. The van der Waals surface area contributed by atoms with Crippen molar-refractivity contribution in [2.75, 3.05) is 0 Å². The Bertz CT molecular complexity index is 826. The summed E-state index contributed by atoms with van der Waals surface area (Å²) in [5.74, 6) is 0.913. The molecule has 0 aromatic heterocycles. The van der Waals surface area contributed by atoms with Crippen LogP contribution in [-0.2, 0) is 13.0 Å². The van der Waals surface area contributed by atoms with Gasteiger partial charge in [0, 0.05) is 16.5 Å². The van der Waals surface area contributed by atoms with Crippen LogP contribution < -0.4 is 4.74 Å². The van der Waals surface area contributed by atoms with E-state index in [4.69, 9.17) is 4.74 Å². The van der Waals surface area contributed by atoms with Crippen molar-refractivity contribution in [3.05, 3.63) is 100 Å². The van der Waals surface area contributed by atoms with E-state index in [9.17, 15) is 4.79 Å². The highest BCUT2D eigenvalue weighted by molar-refractivity contribution is 9.10. The Hall–Kier alpha value is -2.39. The number of hydrogen-bond donors (Lipinski definition) is 0. The Kier molecular flexibility index (Phi) is 6.02. The Morgan fingerprint density at radius 3 is 2.24 bits per heavy atom. The van der Waals surface area contributed by atoms with E-state index >= 15 is 0 Å². The second-order valence-corrected chi connectivity index (χ2v) is 6.67. The molecule has 0 saturated heterocycles. The maximum atomic E-state index is 12.4. The summed E-state index contributed by atoms with van der Waals surface area (Å²) in [7, 11) is 0. The third kappa shape index (κ3) is 5.04. The lowest BCUT2D eigenvalue weighted by Crippen LogP contribution is -2.02. The normalized spacial score (nSPS) is 10.4. The van der Waals surface area contributed by atoms with Crippen LogP contribution in [0.5, 0.6) is 5.75 Å². The molecule has 0 aliphatic rings. The summed E-state index contributed by atoms with van der Waals surface area (Å²) in [5, 5.41) is 0. The van der Waals surface area contributed by atoms with E-state index in [-0.39, 0.29) is 5.78 Å². The smallest absolute Gasteiger partial charge is 0.163 e. The maximum Gasteiger partial charge on any atom is 0.163 e. The zero-order valence-corrected chi connectivity index (χ0v) is 15.4. The molecule has 0 fully saturated rings. The first kappa shape index (κ1) is 17.4. The number of hydrogen-bond acceptors (Lipinski definition) is 2. The van der Waals surface area contributed by atoms with Crippen LogP contribution in [0, 0.1) is 0 Å². The number of rotatable bonds is 7. The summed E-state index contributed by atoms with van der Waals surface area (Å²) < 4.78 is 6.80. The first-order valence-electron chi connectivity index (χ1n) is 8.26. The highest BCUT2D eigenvalue weighted by atomic mass is 79.9. The summed E-state index contributed by atoms with van der Waals surface area (Å²) in [6.07, 6.45) is 1.22. The Morgan fingerprint density at radius 2 is 1.52 bits per heavy atom. The highest BCUT2D eigenvalue weighted by Gasteiger charge is 2.08. The van der Waals surface area contributed by atoms with Crippen molar-refractivity contribution in [3.63, 3.8) is 0 Å². The molecule has 0 N–H and O–H groups in total. The minimum absolute atomic E-state index is 0.144. The highest BCUT2D eigenvalue weighted by Crippen LogP contribution is 2.19. The molecule has 0 unspecified atom stereocenters. The molecule has 0 spiro atoms. The molecule has 0 bridgehead atoms. The molecule has 25 heavy (non-hydrogen) atoms. The fourth-order valence-electron chi connectivity index (χ4n) is 2.57. The second-order valence-electron chi connectivity index (χ2n) is 5.81. The molecular formula is C22H19BrO2. The molecule has 2 nitrogen and oxygen atoms in total.